The van der Waals surface area contributed by atoms with Crippen molar-refractivity contribution in [3.63, 3.8) is 0 Å². The van der Waals surface area contributed by atoms with Crippen molar-refractivity contribution < 1.29 is 17.9 Å². The minimum atomic E-state index is -3.77. The fourth-order valence-electron chi connectivity index (χ4n) is 3.15. The lowest BCUT2D eigenvalue weighted by Crippen LogP contribution is -2.14. The van der Waals surface area contributed by atoms with E-state index in [1.54, 1.807) is 56.3 Å². The molecule has 5 nitrogen and oxygen atoms in total. The monoisotopic (exact) mass is 369 g/mol. The van der Waals surface area contributed by atoms with E-state index in [0.717, 1.165) is 5.39 Å². The zero-order chi connectivity index (χ0) is 18.9. The third-order valence-electron chi connectivity index (χ3n) is 4.27. The predicted octanol–water partition coefficient (Wildman–Crippen LogP) is 3.76. The largest absolute Gasteiger partial charge is 0.466 e. The second kappa shape index (κ2) is 6.80. The molecule has 0 spiro atoms. The normalized spacial score (nSPS) is 12.3. The minimum Gasteiger partial charge on any atom is -0.466 e. The number of methoxy groups -OCH3 is 1. The third-order valence-corrected chi connectivity index (χ3v) is 6.09. The molecule has 1 aromatic heterocycles. The van der Waals surface area contributed by atoms with E-state index in [-0.39, 0.29) is 4.90 Å². The van der Waals surface area contributed by atoms with Crippen LogP contribution in [0, 0.1) is 6.92 Å². The Balaban J connectivity index is 2.34. The molecule has 1 heterocycles. The second-order valence-electron chi connectivity index (χ2n) is 5.91. The Morgan fingerprint density at radius 2 is 1.65 bits per heavy atom. The number of carbonyl (C=O) groups is 1. The Hall–Kier alpha value is -2.86. The first-order valence-electron chi connectivity index (χ1n) is 8.05. The number of ether oxygens (including phenoxy) is 1. The first-order chi connectivity index (χ1) is 12.4. The average molecular weight is 369 g/mol. The van der Waals surface area contributed by atoms with Crippen LogP contribution in [0.2, 0.25) is 0 Å². The summed E-state index contributed by atoms with van der Waals surface area (Å²) >= 11 is 0. The van der Waals surface area contributed by atoms with Gasteiger partial charge in [0.05, 0.1) is 17.5 Å². The molecule has 0 atom stereocenters. The van der Waals surface area contributed by atoms with E-state index >= 15 is 0 Å². The van der Waals surface area contributed by atoms with Crippen LogP contribution in [0.1, 0.15) is 18.2 Å². The highest BCUT2D eigenvalue weighted by Crippen LogP contribution is 2.34. The van der Waals surface area contributed by atoms with Gasteiger partial charge in [-0.3, -0.25) is 0 Å². The van der Waals surface area contributed by atoms with Crippen molar-refractivity contribution in [3.05, 3.63) is 71.9 Å². The zero-order valence-electron chi connectivity index (χ0n) is 14.8. The highest BCUT2D eigenvalue weighted by atomic mass is 32.2. The summed E-state index contributed by atoms with van der Waals surface area (Å²) < 4.78 is 32.5. The van der Waals surface area contributed by atoms with Crippen molar-refractivity contribution in [2.75, 3.05) is 7.11 Å². The smallest absolute Gasteiger partial charge is 0.330 e. The lowest BCUT2D eigenvalue weighted by molar-refractivity contribution is -0.134. The molecule has 3 rings (SSSR count). The molecule has 0 unspecified atom stereocenters. The highest BCUT2D eigenvalue weighted by molar-refractivity contribution is 7.90. The molecular weight excluding hydrogens is 350 g/mol. The van der Waals surface area contributed by atoms with Crippen LogP contribution < -0.4 is 0 Å². The summed E-state index contributed by atoms with van der Waals surface area (Å²) in [5.74, 6) is -0.482. The first-order valence-corrected chi connectivity index (χ1v) is 9.49. The number of esters is 1. The first kappa shape index (κ1) is 17.9. The lowest BCUT2D eigenvalue weighted by atomic mass is 10.0. The standard InChI is InChI=1S/C20H19NO4S/c1-14(13-19(22)25-3)20-15(2)21(18-12-8-7-11-17(18)20)26(23,24)16-9-5-4-6-10-16/h4-13H,1-3H3. The van der Waals surface area contributed by atoms with Gasteiger partial charge in [0.1, 0.15) is 0 Å². The van der Waals surface area contributed by atoms with Gasteiger partial charge in [0.2, 0.25) is 0 Å². The molecule has 0 fully saturated rings. The van der Waals surface area contributed by atoms with Gasteiger partial charge in [-0.2, -0.15) is 0 Å². The fraction of sp³-hybridized carbons (Fsp3) is 0.150. The molecule has 2 aromatic carbocycles. The van der Waals surface area contributed by atoms with E-state index in [4.69, 9.17) is 4.74 Å². The summed E-state index contributed by atoms with van der Waals surface area (Å²) in [5, 5.41) is 0.766. The number of aromatic nitrogens is 1. The maximum Gasteiger partial charge on any atom is 0.330 e. The molecule has 6 heteroatoms. The number of para-hydroxylation sites is 1. The van der Waals surface area contributed by atoms with Crippen LogP contribution in [0.15, 0.2) is 65.6 Å². The van der Waals surface area contributed by atoms with Crippen LogP contribution in [0.5, 0.6) is 0 Å². The summed E-state index contributed by atoms with van der Waals surface area (Å²) in [7, 11) is -2.46. The van der Waals surface area contributed by atoms with Crippen molar-refractivity contribution in [1.29, 1.82) is 0 Å². The highest BCUT2D eigenvalue weighted by Gasteiger charge is 2.25. The maximum atomic E-state index is 13.2. The van der Waals surface area contributed by atoms with Gasteiger partial charge < -0.3 is 4.74 Å². The zero-order valence-corrected chi connectivity index (χ0v) is 15.6. The molecule has 0 aliphatic rings. The van der Waals surface area contributed by atoms with E-state index in [1.165, 1.54) is 17.2 Å². The second-order valence-corrected chi connectivity index (χ2v) is 7.70. The van der Waals surface area contributed by atoms with E-state index in [0.29, 0.717) is 22.3 Å². The topological polar surface area (TPSA) is 65.4 Å². The summed E-state index contributed by atoms with van der Waals surface area (Å²) in [6.45, 7) is 3.51. The minimum absolute atomic E-state index is 0.213. The van der Waals surface area contributed by atoms with Crippen molar-refractivity contribution in [2.24, 2.45) is 0 Å². The van der Waals surface area contributed by atoms with Crippen molar-refractivity contribution in [2.45, 2.75) is 18.7 Å². The quantitative estimate of drug-likeness (QED) is 0.519. The molecule has 0 amide bonds. The Morgan fingerprint density at radius 1 is 1.04 bits per heavy atom. The van der Waals surface area contributed by atoms with E-state index in [2.05, 4.69) is 0 Å². The van der Waals surface area contributed by atoms with Gasteiger partial charge in [-0.25, -0.2) is 17.2 Å². The molecule has 0 saturated heterocycles. The number of fused-ring (bicyclic) bond motifs is 1. The summed E-state index contributed by atoms with van der Waals surface area (Å²) in [4.78, 5) is 11.9. The molecule has 0 N–H and O–H groups in total. The van der Waals surface area contributed by atoms with Crippen LogP contribution in [0.3, 0.4) is 0 Å². The SMILES string of the molecule is COC(=O)C=C(C)c1c(C)n(S(=O)(=O)c2ccccc2)c2ccccc12. The molecule has 0 saturated carbocycles. The van der Waals surface area contributed by atoms with Gasteiger partial charge in [0, 0.05) is 22.7 Å². The predicted molar refractivity (Wildman–Crippen MR) is 101 cm³/mol. The Kier molecular flexibility index (Phi) is 4.70. The van der Waals surface area contributed by atoms with E-state index in [9.17, 15) is 13.2 Å². The van der Waals surface area contributed by atoms with Gasteiger partial charge in [0.15, 0.2) is 0 Å². The Labute approximate surface area is 152 Å². The van der Waals surface area contributed by atoms with Gasteiger partial charge in [0.25, 0.3) is 10.0 Å². The Morgan fingerprint density at radius 3 is 2.31 bits per heavy atom. The van der Waals surface area contributed by atoms with Gasteiger partial charge in [-0.15, -0.1) is 0 Å². The van der Waals surface area contributed by atoms with Crippen LogP contribution >= 0.6 is 0 Å². The average Bonchev–Trinajstić information content (AvgIpc) is 2.94. The molecule has 26 heavy (non-hydrogen) atoms. The van der Waals surface area contributed by atoms with Gasteiger partial charge in [-0.1, -0.05) is 36.4 Å². The maximum absolute atomic E-state index is 13.2. The van der Waals surface area contributed by atoms with E-state index in [1.807, 2.05) is 12.1 Å². The summed E-state index contributed by atoms with van der Waals surface area (Å²) in [6.07, 6.45) is 1.37. The lowest BCUT2D eigenvalue weighted by Gasteiger charge is -2.10. The van der Waals surface area contributed by atoms with Gasteiger partial charge in [-0.05, 0) is 37.6 Å². The fourth-order valence-corrected chi connectivity index (χ4v) is 4.73. The number of hydrogen-bond donors (Lipinski definition) is 0. The van der Waals surface area contributed by atoms with Crippen molar-refractivity contribution in [1.82, 2.24) is 3.97 Å². The molecule has 0 aliphatic carbocycles. The summed E-state index contributed by atoms with van der Waals surface area (Å²) in [5.41, 5.74) is 2.48. The number of carbonyl (C=O) groups excluding carboxylic acids is 1. The van der Waals surface area contributed by atoms with Crippen LogP contribution in [-0.2, 0) is 19.6 Å². The number of rotatable bonds is 4. The van der Waals surface area contributed by atoms with Gasteiger partial charge >= 0.3 is 5.97 Å². The third kappa shape index (κ3) is 2.93. The Bertz CT molecular complexity index is 1110. The number of nitrogens with zero attached hydrogens (tertiary/aromatic N) is 1. The molecule has 134 valence electrons. The molecular formula is C20H19NO4S. The van der Waals surface area contributed by atoms with Crippen LogP contribution in [0.4, 0.5) is 0 Å². The molecule has 0 bridgehead atoms. The molecule has 0 aliphatic heterocycles. The number of benzene rings is 2. The van der Waals surface area contributed by atoms with Crippen LogP contribution in [0.25, 0.3) is 16.5 Å². The van der Waals surface area contributed by atoms with Crippen LogP contribution in [-0.4, -0.2) is 25.5 Å². The van der Waals surface area contributed by atoms with E-state index < -0.39 is 16.0 Å². The molecule has 0 radical (unpaired) electrons. The summed E-state index contributed by atoms with van der Waals surface area (Å²) in [6, 6.07) is 15.5. The van der Waals surface area contributed by atoms with Crippen molar-refractivity contribution in [3.8, 4) is 0 Å². The van der Waals surface area contributed by atoms with Crippen molar-refractivity contribution >= 4 is 32.5 Å². The number of hydrogen-bond acceptors (Lipinski definition) is 4. The number of allylic oxidation sites excluding steroid dienone is 1. The molecule has 3 aromatic rings.